The molecule has 6 nitrogen and oxygen atoms in total. The number of aliphatic carboxylic acids is 1. The van der Waals surface area contributed by atoms with Crippen molar-refractivity contribution >= 4 is 40.8 Å². The Morgan fingerprint density at radius 1 is 1.33 bits per heavy atom. The highest BCUT2D eigenvalue weighted by atomic mass is 32.9. The number of hydrogen-bond acceptors (Lipinski definition) is 6. The van der Waals surface area contributed by atoms with E-state index in [1.54, 1.807) is 0 Å². The second-order valence-corrected chi connectivity index (χ2v) is 9.36. The minimum atomic E-state index is -2.45. The molecule has 0 heterocycles. The Labute approximate surface area is 116 Å². The van der Waals surface area contributed by atoms with Gasteiger partial charge in [-0.1, -0.05) is 11.4 Å². The van der Waals surface area contributed by atoms with Gasteiger partial charge in [-0.15, -0.1) is 0 Å². The van der Waals surface area contributed by atoms with Crippen LogP contribution in [-0.2, 0) is 30.4 Å². The maximum atomic E-state index is 11.4. The average Bonchev–Trinajstić information content (AvgIpc) is 2.27. The fraction of sp³-hybridized carbons (Fsp3) is 0.778. The highest BCUT2D eigenvalue weighted by Gasteiger charge is 2.20. The zero-order valence-electron chi connectivity index (χ0n) is 10.4. The Morgan fingerprint density at radius 2 is 1.89 bits per heavy atom. The summed E-state index contributed by atoms with van der Waals surface area (Å²) in [5.41, 5.74) is -2.45. The fourth-order valence-electron chi connectivity index (χ4n) is 0.926. The third-order valence-electron chi connectivity index (χ3n) is 1.59. The molecule has 0 radical (unpaired) electrons. The maximum absolute atomic E-state index is 11.4. The molecule has 0 bridgehead atoms. The van der Waals surface area contributed by atoms with Gasteiger partial charge in [-0.25, -0.2) is 0 Å². The number of hydrogen-bond donors (Lipinski definition) is 2. The van der Waals surface area contributed by atoms with Crippen molar-refractivity contribution in [3.63, 3.8) is 0 Å². The quantitative estimate of drug-likeness (QED) is 0.592. The lowest BCUT2D eigenvalue weighted by Crippen LogP contribution is -2.27. The lowest BCUT2D eigenvalue weighted by molar-refractivity contribution is -0.136. The molecule has 0 aromatic rings. The highest BCUT2D eigenvalue weighted by molar-refractivity contribution is 8.68. The van der Waals surface area contributed by atoms with E-state index in [9.17, 15) is 9.59 Å². The second kappa shape index (κ2) is 9.75. The van der Waals surface area contributed by atoms with Gasteiger partial charge in [-0.05, 0) is 25.7 Å². The first-order chi connectivity index (χ1) is 8.43. The molecule has 0 aromatic heterocycles. The van der Waals surface area contributed by atoms with Crippen molar-refractivity contribution < 1.29 is 23.7 Å². The van der Waals surface area contributed by atoms with E-state index in [4.69, 9.17) is 26.0 Å². The molecule has 0 spiro atoms. The van der Waals surface area contributed by atoms with Gasteiger partial charge in [0.1, 0.15) is 0 Å². The van der Waals surface area contributed by atoms with E-state index in [1.807, 2.05) is 13.8 Å². The van der Waals surface area contributed by atoms with Crippen LogP contribution < -0.4 is 5.32 Å². The Bertz CT molecular complexity index is 316. The van der Waals surface area contributed by atoms with Crippen LogP contribution in [0.4, 0.5) is 0 Å². The summed E-state index contributed by atoms with van der Waals surface area (Å²) < 4.78 is 10.7. The predicted octanol–water partition coefficient (Wildman–Crippen LogP) is 1.61. The van der Waals surface area contributed by atoms with E-state index in [0.717, 1.165) is 11.4 Å². The number of amides is 1. The molecule has 0 saturated carbocycles. The minimum absolute atomic E-state index is 0.0957. The molecule has 0 aromatic carbocycles. The lowest BCUT2D eigenvalue weighted by atomic mass is 10.4. The van der Waals surface area contributed by atoms with Crippen molar-refractivity contribution in [1.82, 2.24) is 5.32 Å². The van der Waals surface area contributed by atoms with Gasteiger partial charge in [0.05, 0.1) is 25.4 Å². The Balaban J connectivity index is 3.99. The van der Waals surface area contributed by atoms with E-state index in [1.165, 1.54) is 0 Å². The normalized spacial score (nSPS) is 11.2. The molecule has 0 aliphatic rings. The molecule has 106 valence electrons. The lowest BCUT2D eigenvalue weighted by Gasteiger charge is -2.19. The monoisotopic (exact) mass is 315 g/mol. The molecule has 0 unspecified atom stereocenters. The predicted molar refractivity (Wildman–Crippen MR) is 75.3 cm³/mol. The minimum Gasteiger partial charge on any atom is -0.481 e. The smallest absolute Gasteiger partial charge is 0.305 e. The van der Waals surface area contributed by atoms with Crippen LogP contribution in [-0.4, -0.2) is 42.5 Å². The van der Waals surface area contributed by atoms with Gasteiger partial charge < -0.3 is 19.5 Å². The topological polar surface area (TPSA) is 84.9 Å². The van der Waals surface area contributed by atoms with Gasteiger partial charge in [-0.2, -0.15) is 0 Å². The molecule has 0 atom stereocenters. The van der Waals surface area contributed by atoms with Gasteiger partial charge in [-0.3, -0.25) is 9.59 Å². The van der Waals surface area contributed by atoms with Gasteiger partial charge in [0, 0.05) is 6.54 Å². The number of carbonyl (C=O) groups excluding carboxylic acids is 1. The molecule has 0 fully saturated rings. The van der Waals surface area contributed by atoms with Crippen molar-refractivity contribution in [1.29, 1.82) is 0 Å². The molecule has 0 aliphatic carbocycles. The van der Waals surface area contributed by atoms with Gasteiger partial charge in [0.2, 0.25) is 11.6 Å². The molecule has 18 heavy (non-hydrogen) atoms. The van der Waals surface area contributed by atoms with Crippen LogP contribution in [0.2, 0.25) is 0 Å². The van der Waals surface area contributed by atoms with Crippen LogP contribution in [0.1, 0.15) is 20.3 Å². The summed E-state index contributed by atoms with van der Waals surface area (Å²) in [6.07, 6.45) is -0.0957. The third kappa shape index (κ3) is 8.88. The van der Waals surface area contributed by atoms with Crippen LogP contribution in [0.5, 0.6) is 0 Å². The largest absolute Gasteiger partial charge is 0.481 e. The molecule has 0 saturated heterocycles. The number of carbonyl (C=O) groups is 2. The van der Waals surface area contributed by atoms with E-state index < -0.39 is 11.7 Å². The maximum Gasteiger partial charge on any atom is 0.305 e. The van der Waals surface area contributed by atoms with Crippen molar-refractivity contribution in [2.45, 2.75) is 20.3 Å². The highest BCUT2D eigenvalue weighted by Crippen LogP contribution is 2.60. The van der Waals surface area contributed by atoms with Crippen LogP contribution in [0.15, 0.2) is 0 Å². The molecule has 1 amide bonds. The molecular weight excluding hydrogens is 297 g/mol. The molecular formula is C9H18NO5PS2. The van der Waals surface area contributed by atoms with Gasteiger partial charge >= 0.3 is 5.97 Å². The van der Waals surface area contributed by atoms with Crippen LogP contribution in [0, 0.1) is 0 Å². The number of carboxylic acid groups (broad SMARTS) is 1. The summed E-state index contributed by atoms with van der Waals surface area (Å²) in [6, 6.07) is 0. The Kier molecular flexibility index (Phi) is 9.67. The zero-order chi connectivity index (χ0) is 14.0. The summed E-state index contributed by atoms with van der Waals surface area (Å²) in [5, 5.41) is 10.9. The van der Waals surface area contributed by atoms with Crippen LogP contribution in [0.3, 0.4) is 0 Å². The number of rotatable bonds is 10. The van der Waals surface area contributed by atoms with Crippen LogP contribution >= 0.6 is 17.1 Å². The summed E-state index contributed by atoms with van der Waals surface area (Å²) in [7, 11) is 0. The van der Waals surface area contributed by atoms with E-state index in [2.05, 4.69) is 5.32 Å². The third-order valence-corrected chi connectivity index (χ3v) is 7.00. The molecule has 9 heteroatoms. The average molecular weight is 315 g/mol. The van der Waals surface area contributed by atoms with Crippen molar-refractivity contribution in [2.75, 3.05) is 25.5 Å². The standard InChI is InChI=1S/C9H18NO5PS2/c1-3-14-16(17,15-4-2)18-7-8(11)10-6-5-9(12)13/h3-7H2,1-2H3,(H,10,11)(H,12,13). The summed E-state index contributed by atoms with van der Waals surface area (Å²) in [6.45, 7) is 4.61. The SMILES string of the molecule is CCOP(=S)(OCC)SCC(=O)NCCC(=O)O. The number of nitrogens with one attached hydrogen (secondary N) is 1. The Morgan fingerprint density at radius 3 is 2.33 bits per heavy atom. The van der Waals surface area contributed by atoms with Crippen molar-refractivity contribution in [3.8, 4) is 0 Å². The first-order valence-electron chi connectivity index (χ1n) is 5.45. The molecule has 0 aliphatic heterocycles. The first kappa shape index (κ1) is 17.9. The van der Waals surface area contributed by atoms with Crippen molar-refractivity contribution in [3.05, 3.63) is 0 Å². The van der Waals surface area contributed by atoms with Gasteiger partial charge in [0.25, 0.3) is 0 Å². The summed E-state index contributed by atoms with van der Waals surface area (Å²) in [5.74, 6) is -1.11. The fourth-order valence-corrected chi connectivity index (χ4v) is 5.17. The molecule has 2 N–H and O–H groups in total. The van der Waals surface area contributed by atoms with Crippen LogP contribution in [0.25, 0.3) is 0 Å². The van der Waals surface area contributed by atoms with E-state index in [0.29, 0.717) is 13.2 Å². The summed E-state index contributed by atoms with van der Waals surface area (Å²) in [4.78, 5) is 21.7. The Hall–Kier alpha value is -0.140. The van der Waals surface area contributed by atoms with Gasteiger partial charge in [0.15, 0.2) is 0 Å². The van der Waals surface area contributed by atoms with E-state index >= 15 is 0 Å². The zero-order valence-corrected chi connectivity index (χ0v) is 12.9. The second-order valence-electron chi connectivity index (χ2n) is 3.05. The van der Waals surface area contributed by atoms with E-state index in [-0.39, 0.29) is 24.6 Å². The molecule has 0 rings (SSSR count). The summed E-state index contributed by atoms with van der Waals surface area (Å²) >= 11 is 6.39. The first-order valence-corrected chi connectivity index (χ1v) is 9.68. The number of carboxylic acids is 1. The van der Waals surface area contributed by atoms with Crippen molar-refractivity contribution in [2.24, 2.45) is 0 Å².